The quantitative estimate of drug-likeness (QED) is 0.230. The first-order valence-electron chi connectivity index (χ1n) is 12.6. The molecule has 3 aromatic carbocycles. The zero-order valence-corrected chi connectivity index (χ0v) is 22.5. The van der Waals surface area contributed by atoms with E-state index in [9.17, 15) is 9.59 Å². The van der Waals surface area contributed by atoms with Gasteiger partial charge in [-0.15, -0.1) is 0 Å². The number of methoxy groups -OCH3 is 1. The fraction of sp³-hybridized carbons (Fsp3) is 0.300. The molecular formula is C30H32ClN3O3. The Morgan fingerprint density at radius 1 is 1.08 bits per heavy atom. The molecule has 0 fully saturated rings. The second-order valence-corrected chi connectivity index (χ2v) is 9.61. The van der Waals surface area contributed by atoms with Gasteiger partial charge in [-0.05, 0) is 74.4 Å². The fourth-order valence-corrected chi connectivity index (χ4v) is 4.82. The Morgan fingerprint density at radius 3 is 2.59 bits per heavy atom. The van der Waals surface area contributed by atoms with Gasteiger partial charge in [-0.3, -0.25) is 14.2 Å². The van der Waals surface area contributed by atoms with E-state index in [0.717, 1.165) is 24.8 Å². The molecule has 7 heteroatoms. The number of hydrogen-bond acceptors (Lipinski definition) is 4. The number of hydrogen-bond donors (Lipinski definition) is 0. The second-order valence-electron chi connectivity index (χ2n) is 9.17. The maximum atomic E-state index is 13.9. The number of halogens is 1. The number of carbonyl (C=O) groups excluding carboxylic acids is 1. The first-order chi connectivity index (χ1) is 17.8. The summed E-state index contributed by atoms with van der Waals surface area (Å²) in [6, 6.07) is 19.4. The lowest BCUT2D eigenvalue weighted by atomic mass is 10.1. The molecule has 6 nitrogen and oxygen atoms in total. The molecule has 0 N–H and O–H groups in total. The third-order valence-corrected chi connectivity index (χ3v) is 6.86. The van der Waals surface area contributed by atoms with Gasteiger partial charge in [-0.2, -0.15) is 0 Å². The molecule has 0 spiro atoms. The number of unbranched alkanes of at least 4 members (excludes halogenated alkanes) is 2. The molecule has 1 atom stereocenters. The van der Waals surface area contributed by atoms with Crippen LogP contribution in [0.25, 0.3) is 16.6 Å². The number of rotatable bonds is 9. The summed E-state index contributed by atoms with van der Waals surface area (Å²) in [4.78, 5) is 34.5. The average Bonchev–Trinajstić information content (AvgIpc) is 2.91. The number of fused-ring (bicyclic) bond motifs is 1. The lowest BCUT2D eigenvalue weighted by molar-refractivity contribution is 0.0677. The molecule has 0 aliphatic rings. The summed E-state index contributed by atoms with van der Waals surface area (Å²) in [5.74, 6) is 0.982. The summed E-state index contributed by atoms with van der Waals surface area (Å²) in [5, 5.41) is 1.11. The van der Waals surface area contributed by atoms with Crippen molar-refractivity contribution in [3.63, 3.8) is 0 Å². The van der Waals surface area contributed by atoms with Gasteiger partial charge in [-0.25, -0.2) is 4.98 Å². The molecule has 1 aromatic heterocycles. The Hall–Kier alpha value is -3.64. The largest absolute Gasteiger partial charge is 0.497 e. The third-order valence-electron chi connectivity index (χ3n) is 6.62. The molecule has 1 amide bonds. The van der Waals surface area contributed by atoms with Crippen molar-refractivity contribution in [1.29, 1.82) is 0 Å². The summed E-state index contributed by atoms with van der Waals surface area (Å²) in [6.07, 6.45) is 2.86. The van der Waals surface area contributed by atoms with Gasteiger partial charge in [0.2, 0.25) is 0 Å². The number of amides is 1. The van der Waals surface area contributed by atoms with Gasteiger partial charge in [0, 0.05) is 17.1 Å². The summed E-state index contributed by atoms with van der Waals surface area (Å²) in [7, 11) is 1.58. The minimum absolute atomic E-state index is 0.135. The summed E-state index contributed by atoms with van der Waals surface area (Å²) >= 11 is 6.23. The molecule has 0 aliphatic carbocycles. The third kappa shape index (κ3) is 5.54. The summed E-state index contributed by atoms with van der Waals surface area (Å²) in [5.41, 5.74) is 2.48. The van der Waals surface area contributed by atoms with Gasteiger partial charge in [0.05, 0.1) is 29.7 Å². The highest BCUT2D eigenvalue weighted by atomic mass is 35.5. The molecule has 1 unspecified atom stereocenters. The van der Waals surface area contributed by atoms with Crippen molar-refractivity contribution in [1.82, 2.24) is 14.5 Å². The van der Waals surface area contributed by atoms with Crippen LogP contribution in [0.3, 0.4) is 0 Å². The van der Waals surface area contributed by atoms with Crippen LogP contribution in [0, 0.1) is 6.92 Å². The maximum Gasteiger partial charge on any atom is 0.266 e. The Bertz CT molecular complexity index is 1480. The smallest absolute Gasteiger partial charge is 0.266 e. The van der Waals surface area contributed by atoms with Crippen molar-refractivity contribution in [3.05, 3.63) is 99.1 Å². The van der Waals surface area contributed by atoms with E-state index in [0.29, 0.717) is 45.3 Å². The first kappa shape index (κ1) is 26.4. The van der Waals surface area contributed by atoms with E-state index in [-0.39, 0.29) is 11.5 Å². The van der Waals surface area contributed by atoms with Gasteiger partial charge >= 0.3 is 0 Å². The van der Waals surface area contributed by atoms with Gasteiger partial charge < -0.3 is 9.64 Å². The normalized spacial score (nSPS) is 11.9. The molecule has 4 aromatic rings. The van der Waals surface area contributed by atoms with Crippen LogP contribution in [0.5, 0.6) is 5.75 Å². The summed E-state index contributed by atoms with van der Waals surface area (Å²) < 4.78 is 6.98. The monoisotopic (exact) mass is 517 g/mol. The van der Waals surface area contributed by atoms with E-state index >= 15 is 0 Å². The zero-order valence-electron chi connectivity index (χ0n) is 21.7. The number of carbonyl (C=O) groups is 1. The van der Waals surface area contributed by atoms with Crippen LogP contribution < -0.4 is 10.3 Å². The molecule has 0 aliphatic heterocycles. The molecular weight excluding hydrogens is 486 g/mol. The standard InChI is InChI=1S/C30H32ClN3O3/c1-5-6-9-17-33(29(35)22-11-10-12-24(19-22)37-4)21(3)28-32-26-14-8-7-13-25(26)30(36)34(28)27-16-15-23(31)18-20(27)2/h7-8,10-16,18-19,21H,5-6,9,17H2,1-4H3. The van der Waals surface area contributed by atoms with Crippen LogP contribution in [-0.2, 0) is 0 Å². The molecule has 1 heterocycles. The molecule has 4 rings (SSSR count). The van der Waals surface area contributed by atoms with Gasteiger partial charge in [0.1, 0.15) is 11.6 Å². The predicted octanol–water partition coefficient (Wildman–Crippen LogP) is 6.75. The van der Waals surface area contributed by atoms with E-state index in [1.54, 1.807) is 35.9 Å². The van der Waals surface area contributed by atoms with Crippen molar-refractivity contribution in [3.8, 4) is 11.4 Å². The average molecular weight is 518 g/mol. The van der Waals surface area contributed by atoms with Crippen molar-refractivity contribution in [2.24, 2.45) is 0 Å². The van der Waals surface area contributed by atoms with Gasteiger partial charge in [-0.1, -0.05) is 49.6 Å². The van der Waals surface area contributed by atoms with Crippen molar-refractivity contribution >= 4 is 28.4 Å². The van der Waals surface area contributed by atoms with Crippen LogP contribution in [0.1, 0.15) is 60.9 Å². The van der Waals surface area contributed by atoms with Gasteiger partial charge in [0.15, 0.2) is 0 Å². The zero-order chi connectivity index (χ0) is 26.5. The number of benzene rings is 3. The Morgan fingerprint density at radius 2 is 1.86 bits per heavy atom. The van der Waals surface area contributed by atoms with Crippen LogP contribution in [-0.4, -0.2) is 34.0 Å². The number of para-hydroxylation sites is 1. The maximum absolute atomic E-state index is 13.9. The number of ether oxygens (including phenoxy) is 1. The number of nitrogens with zero attached hydrogens (tertiary/aromatic N) is 3. The van der Waals surface area contributed by atoms with E-state index in [4.69, 9.17) is 21.3 Å². The number of aryl methyl sites for hydroxylation is 1. The van der Waals surface area contributed by atoms with Gasteiger partial charge in [0.25, 0.3) is 11.5 Å². The Labute approximate surface area is 222 Å². The van der Waals surface area contributed by atoms with Crippen LogP contribution in [0.2, 0.25) is 5.02 Å². The van der Waals surface area contributed by atoms with Crippen molar-refractivity contribution < 1.29 is 9.53 Å². The van der Waals surface area contributed by atoms with E-state index < -0.39 is 6.04 Å². The lowest BCUT2D eigenvalue weighted by Gasteiger charge is -2.31. The predicted molar refractivity (Wildman–Crippen MR) is 149 cm³/mol. The first-order valence-corrected chi connectivity index (χ1v) is 13.0. The van der Waals surface area contributed by atoms with E-state index in [1.165, 1.54) is 0 Å². The molecule has 0 saturated heterocycles. The highest BCUT2D eigenvalue weighted by Gasteiger charge is 2.28. The summed E-state index contributed by atoms with van der Waals surface area (Å²) in [6.45, 7) is 6.51. The highest BCUT2D eigenvalue weighted by Crippen LogP contribution is 2.28. The van der Waals surface area contributed by atoms with Crippen LogP contribution in [0.4, 0.5) is 0 Å². The SMILES string of the molecule is CCCCCN(C(=O)c1cccc(OC)c1)C(C)c1nc2ccccc2c(=O)n1-c1ccc(Cl)cc1C. The fourth-order valence-electron chi connectivity index (χ4n) is 4.60. The van der Waals surface area contributed by atoms with E-state index in [2.05, 4.69) is 6.92 Å². The van der Waals surface area contributed by atoms with Crippen LogP contribution in [0.15, 0.2) is 71.5 Å². The van der Waals surface area contributed by atoms with Crippen molar-refractivity contribution in [2.45, 2.75) is 46.1 Å². The molecule has 192 valence electrons. The topological polar surface area (TPSA) is 64.4 Å². The Balaban J connectivity index is 1.90. The lowest BCUT2D eigenvalue weighted by Crippen LogP contribution is -2.38. The minimum Gasteiger partial charge on any atom is -0.497 e. The second kappa shape index (κ2) is 11.6. The van der Waals surface area contributed by atoms with E-state index in [1.807, 2.05) is 61.2 Å². The highest BCUT2D eigenvalue weighted by molar-refractivity contribution is 6.30. The molecule has 37 heavy (non-hydrogen) atoms. The molecule has 0 saturated carbocycles. The van der Waals surface area contributed by atoms with Crippen molar-refractivity contribution in [2.75, 3.05) is 13.7 Å². The molecule has 0 radical (unpaired) electrons. The molecule has 0 bridgehead atoms. The minimum atomic E-state index is -0.483. The Kier molecular flexibility index (Phi) is 8.29. The number of aromatic nitrogens is 2. The van der Waals surface area contributed by atoms with Crippen LogP contribution >= 0.6 is 11.6 Å².